The number of hydrogen-bond donors (Lipinski definition) is 2. The molecule has 0 spiro atoms. The molecular formula is C23H22N2O2S. The number of carbonyl (C=O) groups excluding carboxylic acids is 2. The number of thioether (sulfide) groups is 1. The van der Waals surface area contributed by atoms with E-state index in [0.717, 1.165) is 16.7 Å². The molecule has 0 atom stereocenters. The molecule has 142 valence electrons. The summed E-state index contributed by atoms with van der Waals surface area (Å²) in [4.78, 5) is 24.5. The first-order valence-electron chi connectivity index (χ1n) is 9.01. The van der Waals surface area contributed by atoms with Crippen molar-refractivity contribution in [2.24, 2.45) is 0 Å². The smallest absolute Gasteiger partial charge is 0.269 e. The van der Waals surface area contributed by atoms with Gasteiger partial charge in [-0.1, -0.05) is 78.9 Å². The van der Waals surface area contributed by atoms with Gasteiger partial charge in [-0.25, -0.2) is 0 Å². The van der Waals surface area contributed by atoms with Crippen molar-refractivity contribution in [3.05, 3.63) is 107 Å². The quantitative estimate of drug-likeness (QED) is 0.618. The van der Waals surface area contributed by atoms with Crippen molar-refractivity contribution in [2.45, 2.75) is 12.2 Å². The van der Waals surface area contributed by atoms with Crippen LogP contribution in [0.15, 0.2) is 84.9 Å². The highest BCUT2D eigenvalue weighted by Crippen LogP contribution is 2.35. The zero-order valence-corrected chi connectivity index (χ0v) is 16.4. The summed E-state index contributed by atoms with van der Waals surface area (Å²) in [5.41, 5.74) is 8.67. The lowest BCUT2D eigenvalue weighted by Gasteiger charge is -2.17. The van der Waals surface area contributed by atoms with E-state index in [1.54, 1.807) is 12.1 Å². The van der Waals surface area contributed by atoms with E-state index in [1.807, 2.05) is 55.5 Å². The van der Waals surface area contributed by atoms with E-state index < -0.39 is 0 Å². The lowest BCUT2D eigenvalue weighted by atomic mass is 10.0. The number of aryl methyl sites for hydroxylation is 1. The Morgan fingerprint density at radius 3 is 1.89 bits per heavy atom. The van der Waals surface area contributed by atoms with Gasteiger partial charge >= 0.3 is 0 Å². The largest absolute Gasteiger partial charge is 0.272 e. The van der Waals surface area contributed by atoms with Crippen molar-refractivity contribution in [1.82, 2.24) is 10.9 Å². The Labute approximate surface area is 169 Å². The van der Waals surface area contributed by atoms with Crippen LogP contribution in [0.4, 0.5) is 0 Å². The third-order valence-corrected chi connectivity index (χ3v) is 5.60. The van der Waals surface area contributed by atoms with E-state index in [0.29, 0.717) is 5.56 Å². The van der Waals surface area contributed by atoms with Gasteiger partial charge in [-0.3, -0.25) is 20.4 Å². The van der Waals surface area contributed by atoms with Gasteiger partial charge in [0.2, 0.25) is 5.91 Å². The van der Waals surface area contributed by atoms with Crippen LogP contribution in [0.25, 0.3) is 0 Å². The second kappa shape index (κ2) is 9.76. The predicted octanol–water partition coefficient (Wildman–Crippen LogP) is 4.28. The Hall–Kier alpha value is -3.05. The zero-order valence-electron chi connectivity index (χ0n) is 15.6. The van der Waals surface area contributed by atoms with Crippen LogP contribution >= 0.6 is 11.8 Å². The molecule has 0 aliphatic heterocycles. The lowest BCUT2D eigenvalue weighted by molar-refractivity contribution is -0.119. The number of nitrogens with one attached hydrogen (secondary N) is 2. The summed E-state index contributed by atoms with van der Waals surface area (Å²) < 4.78 is 0. The lowest BCUT2D eigenvalue weighted by Crippen LogP contribution is -2.42. The monoisotopic (exact) mass is 390 g/mol. The minimum Gasteiger partial charge on any atom is -0.272 e. The molecule has 0 heterocycles. The SMILES string of the molecule is Cc1ccccc1C(=O)NNC(=O)CSC(c1ccccc1)c1ccccc1. The molecule has 3 aromatic rings. The molecule has 5 heteroatoms. The van der Waals surface area contributed by atoms with Crippen molar-refractivity contribution in [3.63, 3.8) is 0 Å². The van der Waals surface area contributed by atoms with Crippen LogP contribution in [-0.4, -0.2) is 17.6 Å². The molecule has 0 fully saturated rings. The fourth-order valence-corrected chi connectivity index (χ4v) is 3.95. The maximum absolute atomic E-state index is 12.3. The number of benzene rings is 3. The highest BCUT2D eigenvalue weighted by atomic mass is 32.2. The summed E-state index contributed by atoms with van der Waals surface area (Å²) >= 11 is 1.52. The van der Waals surface area contributed by atoms with Crippen molar-refractivity contribution in [2.75, 3.05) is 5.75 Å². The van der Waals surface area contributed by atoms with Gasteiger partial charge in [-0.05, 0) is 29.7 Å². The van der Waals surface area contributed by atoms with Gasteiger partial charge in [-0.15, -0.1) is 11.8 Å². The molecular weight excluding hydrogens is 368 g/mol. The average molecular weight is 391 g/mol. The Morgan fingerprint density at radius 2 is 1.32 bits per heavy atom. The first-order chi connectivity index (χ1) is 13.6. The fourth-order valence-electron chi connectivity index (χ4n) is 2.86. The van der Waals surface area contributed by atoms with Gasteiger partial charge in [0.05, 0.1) is 11.0 Å². The second-order valence-corrected chi connectivity index (χ2v) is 7.42. The van der Waals surface area contributed by atoms with Gasteiger partial charge in [-0.2, -0.15) is 0 Å². The van der Waals surface area contributed by atoms with E-state index in [4.69, 9.17) is 0 Å². The Morgan fingerprint density at radius 1 is 0.786 bits per heavy atom. The summed E-state index contributed by atoms with van der Waals surface area (Å²) in [5, 5.41) is 0.0419. The van der Waals surface area contributed by atoms with Gasteiger partial charge in [0.25, 0.3) is 5.91 Å². The molecule has 0 aromatic heterocycles. The average Bonchev–Trinajstić information content (AvgIpc) is 2.74. The van der Waals surface area contributed by atoms with E-state index in [1.165, 1.54) is 11.8 Å². The summed E-state index contributed by atoms with van der Waals surface area (Å²) in [6.45, 7) is 1.86. The minimum atomic E-state index is -0.320. The van der Waals surface area contributed by atoms with Crippen LogP contribution in [-0.2, 0) is 4.79 Å². The highest BCUT2D eigenvalue weighted by molar-refractivity contribution is 8.00. The van der Waals surface area contributed by atoms with E-state index >= 15 is 0 Å². The number of amides is 2. The molecule has 0 radical (unpaired) electrons. The van der Waals surface area contributed by atoms with Gasteiger partial charge in [0.15, 0.2) is 0 Å². The van der Waals surface area contributed by atoms with Crippen molar-refractivity contribution >= 4 is 23.6 Å². The summed E-state index contributed by atoms with van der Waals surface area (Å²) in [6.07, 6.45) is 0. The van der Waals surface area contributed by atoms with Crippen LogP contribution in [0.5, 0.6) is 0 Å². The third kappa shape index (κ3) is 5.24. The molecule has 4 nitrogen and oxygen atoms in total. The van der Waals surface area contributed by atoms with E-state index in [2.05, 4.69) is 35.1 Å². The molecule has 2 amide bonds. The molecule has 0 unspecified atom stereocenters. The normalized spacial score (nSPS) is 10.5. The van der Waals surface area contributed by atoms with Crippen LogP contribution in [0.1, 0.15) is 32.3 Å². The summed E-state index contributed by atoms with van der Waals surface area (Å²) in [7, 11) is 0. The van der Waals surface area contributed by atoms with E-state index in [9.17, 15) is 9.59 Å². The molecule has 28 heavy (non-hydrogen) atoms. The molecule has 0 bridgehead atoms. The van der Waals surface area contributed by atoms with Crippen molar-refractivity contribution < 1.29 is 9.59 Å². The van der Waals surface area contributed by atoms with Crippen LogP contribution in [0, 0.1) is 6.92 Å². The molecule has 0 saturated carbocycles. The van der Waals surface area contributed by atoms with Gasteiger partial charge < -0.3 is 0 Å². The van der Waals surface area contributed by atoms with Gasteiger partial charge in [0, 0.05) is 5.56 Å². The van der Waals surface area contributed by atoms with Gasteiger partial charge in [0.1, 0.15) is 0 Å². The Kier molecular flexibility index (Phi) is 6.87. The Bertz CT molecular complexity index is 890. The number of hydrazine groups is 1. The zero-order chi connectivity index (χ0) is 19.8. The molecule has 2 N–H and O–H groups in total. The standard InChI is InChI=1S/C23H22N2O2S/c1-17-10-8-9-15-20(17)23(27)25-24-21(26)16-28-22(18-11-4-2-5-12-18)19-13-6-3-7-14-19/h2-15,22H,16H2,1H3,(H,24,26)(H,25,27). The Balaban J connectivity index is 1.60. The first-order valence-corrected chi connectivity index (χ1v) is 10.1. The van der Waals surface area contributed by atoms with Crippen LogP contribution in [0.2, 0.25) is 0 Å². The maximum atomic E-state index is 12.3. The molecule has 0 aliphatic rings. The maximum Gasteiger partial charge on any atom is 0.269 e. The summed E-state index contributed by atoms with van der Waals surface area (Å²) in [6, 6.07) is 27.4. The fraction of sp³-hybridized carbons (Fsp3) is 0.130. The topological polar surface area (TPSA) is 58.2 Å². The second-order valence-electron chi connectivity index (χ2n) is 6.33. The van der Waals surface area contributed by atoms with Crippen molar-refractivity contribution in [3.8, 4) is 0 Å². The van der Waals surface area contributed by atoms with E-state index in [-0.39, 0.29) is 22.8 Å². The highest BCUT2D eigenvalue weighted by Gasteiger charge is 2.17. The van der Waals surface area contributed by atoms with Crippen LogP contribution in [0.3, 0.4) is 0 Å². The third-order valence-electron chi connectivity index (χ3n) is 4.29. The predicted molar refractivity (Wildman–Crippen MR) is 114 cm³/mol. The molecule has 3 rings (SSSR count). The minimum absolute atomic E-state index is 0.0419. The molecule has 0 saturated heterocycles. The number of rotatable bonds is 6. The number of carbonyl (C=O) groups is 2. The van der Waals surface area contributed by atoms with Crippen molar-refractivity contribution in [1.29, 1.82) is 0 Å². The molecule has 3 aromatic carbocycles. The first kappa shape index (κ1) is 19.7. The van der Waals surface area contributed by atoms with Crippen LogP contribution < -0.4 is 10.9 Å². The number of hydrogen-bond acceptors (Lipinski definition) is 3. The molecule has 0 aliphatic carbocycles. The summed E-state index contributed by atoms with van der Waals surface area (Å²) in [5.74, 6) is -0.342.